The SMILES string of the molecule is CC1CC(C)CN(S(=O)(=O)c2ccc(NC(=O)C(C)OCC3CC3)cc2)C1. The molecular formula is C20H30N2O4S. The molecule has 7 heteroatoms. The fourth-order valence-electron chi connectivity index (χ4n) is 3.55. The number of hydrogen-bond donors (Lipinski definition) is 1. The van der Waals surface area contributed by atoms with E-state index >= 15 is 0 Å². The monoisotopic (exact) mass is 394 g/mol. The summed E-state index contributed by atoms with van der Waals surface area (Å²) in [5.74, 6) is 1.10. The summed E-state index contributed by atoms with van der Waals surface area (Å²) in [7, 11) is -3.50. The van der Waals surface area contributed by atoms with E-state index in [-0.39, 0.29) is 10.8 Å². The largest absolute Gasteiger partial charge is 0.368 e. The Balaban J connectivity index is 1.61. The molecule has 27 heavy (non-hydrogen) atoms. The maximum absolute atomic E-state index is 12.9. The molecule has 150 valence electrons. The van der Waals surface area contributed by atoms with Crippen molar-refractivity contribution < 1.29 is 17.9 Å². The number of sulfonamides is 1. The van der Waals surface area contributed by atoms with Gasteiger partial charge in [-0.2, -0.15) is 4.31 Å². The van der Waals surface area contributed by atoms with Crippen LogP contribution in [0.4, 0.5) is 5.69 Å². The average Bonchev–Trinajstić information content (AvgIpc) is 3.43. The molecule has 3 unspecified atom stereocenters. The minimum absolute atomic E-state index is 0.218. The molecule has 1 N–H and O–H groups in total. The first-order valence-corrected chi connectivity index (χ1v) is 11.2. The quantitative estimate of drug-likeness (QED) is 0.771. The molecule has 1 saturated carbocycles. The van der Waals surface area contributed by atoms with Crippen LogP contribution in [-0.4, -0.2) is 44.4 Å². The lowest BCUT2D eigenvalue weighted by molar-refractivity contribution is -0.126. The van der Waals surface area contributed by atoms with Crippen molar-refractivity contribution in [2.24, 2.45) is 17.8 Å². The minimum atomic E-state index is -3.50. The second-order valence-electron chi connectivity index (χ2n) is 8.20. The van der Waals surface area contributed by atoms with Crippen LogP contribution in [0.2, 0.25) is 0 Å². The predicted octanol–water partition coefficient (Wildman–Crippen LogP) is 3.11. The highest BCUT2D eigenvalue weighted by atomic mass is 32.2. The van der Waals surface area contributed by atoms with Crippen molar-refractivity contribution in [3.8, 4) is 0 Å². The molecule has 2 fully saturated rings. The maximum Gasteiger partial charge on any atom is 0.253 e. The van der Waals surface area contributed by atoms with Crippen LogP contribution >= 0.6 is 0 Å². The van der Waals surface area contributed by atoms with E-state index in [0.29, 0.717) is 43.1 Å². The zero-order valence-corrected chi connectivity index (χ0v) is 17.2. The molecule has 1 aliphatic carbocycles. The zero-order chi connectivity index (χ0) is 19.6. The van der Waals surface area contributed by atoms with Gasteiger partial charge in [0, 0.05) is 18.8 Å². The van der Waals surface area contributed by atoms with Crippen LogP contribution in [0.3, 0.4) is 0 Å². The normalized spacial score (nSPS) is 25.1. The first-order valence-electron chi connectivity index (χ1n) is 9.78. The summed E-state index contributed by atoms with van der Waals surface area (Å²) in [4.78, 5) is 12.4. The topological polar surface area (TPSA) is 75.7 Å². The number of ether oxygens (including phenoxy) is 1. The van der Waals surface area contributed by atoms with E-state index in [1.54, 1.807) is 35.5 Å². The number of anilines is 1. The van der Waals surface area contributed by atoms with Crippen molar-refractivity contribution in [3.05, 3.63) is 24.3 Å². The van der Waals surface area contributed by atoms with Crippen molar-refractivity contribution in [1.29, 1.82) is 0 Å². The smallest absolute Gasteiger partial charge is 0.253 e. The molecule has 0 bridgehead atoms. The fourth-order valence-corrected chi connectivity index (χ4v) is 5.23. The summed E-state index contributed by atoms with van der Waals surface area (Å²) in [5.41, 5.74) is 0.571. The number of nitrogens with one attached hydrogen (secondary N) is 1. The van der Waals surface area contributed by atoms with Gasteiger partial charge in [-0.05, 0) is 68.2 Å². The summed E-state index contributed by atoms with van der Waals surface area (Å²) < 4.78 is 32.9. The van der Waals surface area contributed by atoms with E-state index in [0.717, 1.165) is 6.42 Å². The van der Waals surface area contributed by atoms with Crippen LogP contribution in [0.25, 0.3) is 0 Å². The Hall–Kier alpha value is -1.44. The van der Waals surface area contributed by atoms with Gasteiger partial charge < -0.3 is 10.1 Å². The third kappa shape index (κ3) is 5.30. The van der Waals surface area contributed by atoms with Gasteiger partial charge in [-0.25, -0.2) is 8.42 Å². The highest BCUT2D eigenvalue weighted by Gasteiger charge is 2.31. The van der Waals surface area contributed by atoms with E-state index in [1.807, 2.05) is 0 Å². The molecule has 1 saturated heterocycles. The highest BCUT2D eigenvalue weighted by Crippen LogP contribution is 2.29. The fraction of sp³-hybridized carbons (Fsp3) is 0.650. The summed E-state index contributed by atoms with van der Waals surface area (Å²) in [6.45, 7) is 7.64. The van der Waals surface area contributed by atoms with Crippen LogP contribution < -0.4 is 5.32 Å². The van der Waals surface area contributed by atoms with Gasteiger partial charge in [-0.1, -0.05) is 13.8 Å². The van der Waals surface area contributed by atoms with Crippen LogP contribution in [0, 0.1) is 17.8 Å². The Morgan fingerprint density at radius 3 is 2.33 bits per heavy atom. The third-order valence-electron chi connectivity index (χ3n) is 5.24. The van der Waals surface area contributed by atoms with E-state index in [1.165, 1.54) is 12.8 Å². The molecular weight excluding hydrogens is 364 g/mol. The first-order chi connectivity index (χ1) is 12.8. The van der Waals surface area contributed by atoms with E-state index in [9.17, 15) is 13.2 Å². The van der Waals surface area contributed by atoms with Crippen molar-refractivity contribution in [3.63, 3.8) is 0 Å². The number of rotatable bonds is 7. The Morgan fingerprint density at radius 1 is 1.19 bits per heavy atom. The molecule has 1 amide bonds. The van der Waals surface area contributed by atoms with Gasteiger partial charge >= 0.3 is 0 Å². The van der Waals surface area contributed by atoms with Crippen molar-refractivity contribution in [2.75, 3.05) is 25.0 Å². The standard InChI is InChI=1S/C20H30N2O4S/c1-14-10-15(2)12-22(11-14)27(24,25)19-8-6-18(7-9-19)21-20(23)16(3)26-13-17-4-5-17/h6-9,14-17H,4-5,10-13H2,1-3H3,(H,21,23). The molecule has 1 aliphatic heterocycles. The van der Waals surface area contributed by atoms with Gasteiger partial charge in [0.15, 0.2) is 0 Å². The van der Waals surface area contributed by atoms with Gasteiger partial charge in [0.2, 0.25) is 10.0 Å². The molecule has 3 atom stereocenters. The number of benzene rings is 1. The van der Waals surface area contributed by atoms with Gasteiger partial charge in [0.25, 0.3) is 5.91 Å². The van der Waals surface area contributed by atoms with Gasteiger partial charge in [0.05, 0.1) is 11.5 Å². The van der Waals surface area contributed by atoms with Gasteiger partial charge in [-0.15, -0.1) is 0 Å². The molecule has 1 aromatic carbocycles. The number of nitrogens with zero attached hydrogens (tertiary/aromatic N) is 1. The van der Waals surface area contributed by atoms with Crippen LogP contribution in [-0.2, 0) is 19.6 Å². The lowest BCUT2D eigenvalue weighted by Gasteiger charge is -2.34. The molecule has 3 rings (SSSR count). The van der Waals surface area contributed by atoms with Crippen LogP contribution in [0.1, 0.15) is 40.0 Å². The average molecular weight is 395 g/mol. The molecule has 0 radical (unpaired) electrons. The van der Waals surface area contributed by atoms with Crippen LogP contribution in [0.15, 0.2) is 29.2 Å². The first kappa shape index (κ1) is 20.3. The lowest BCUT2D eigenvalue weighted by Crippen LogP contribution is -2.42. The Bertz CT molecular complexity index is 749. The maximum atomic E-state index is 12.9. The number of carbonyl (C=O) groups is 1. The lowest BCUT2D eigenvalue weighted by atomic mass is 9.94. The Morgan fingerprint density at radius 2 is 1.78 bits per heavy atom. The minimum Gasteiger partial charge on any atom is -0.368 e. The van der Waals surface area contributed by atoms with E-state index in [4.69, 9.17) is 4.74 Å². The summed E-state index contributed by atoms with van der Waals surface area (Å²) in [6, 6.07) is 6.39. The van der Waals surface area contributed by atoms with Crippen molar-refractivity contribution in [1.82, 2.24) is 4.31 Å². The van der Waals surface area contributed by atoms with Crippen LogP contribution in [0.5, 0.6) is 0 Å². The summed E-state index contributed by atoms with van der Waals surface area (Å²) in [6.07, 6.45) is 2.89. The van der Waals surface area contributed by atoms with Gasteiger partial charge in [-0.3, -0.25) is 4.79 Å². The molecule has 2 aliphatic rings. The second-order valence-corrected chi connectivity index (χ2v) is 10.1. The van der Waals surface area contributed by atoms with E-state index < -0.39 is 16.1 Å². The highest BCUT2D eigenvalue weighted by molar-refractivity contribution is 7.89. The number of piperidine rings is 1. The predicted molar refractivity (Wildman–Crippen MR) is 105 cm³/mol. The van der Waals surface area contributed by atoms with Crippen molar-refractivity contribution in [2.45, 2.75) is 51.0 Å². The summed E-state index contributed by atoms with van der Waals surface area (Å²) in [5, 5.41) is 2.79. The summed E-state index contributed by atoms with van der Waals surface area (Å²) >= 11 is 0. The number of amides is 1. The molecule has 0 aromatic heterocycles. The van der Waals surface area contributed by atoms with E-state index in [2.05, 4.69) is 19.2 Å². The molecule has 1 aromatic rings. The van der Waals surface area contributed by atoms with Crippen molar-refractivity contribution >= 4 is 21.6 Å². The van der Waals surface area contributed by atoms with Gasteiger partial charge in [0.1, 0.15) is 6.10 Å². The number of hydrogen-bond acceptors (Lipinski definition) is 4. The third-order valence-corrected chi connectivity index (χ3v) is 7.09. The molecule has 1 heterocycles. The zero-order valence-electron chi connectivity index (χ0n) is 16.3. The number of carbonyl (C=O) groups excluding carboxylic acids is 1. The molecule has 0 spiro atoms. The molecule has 6 nitrogen and oxygen atoms in total. The Kier molecular flexibility index (Phi) is 6.23. The second kappa shape index (κ2) is 8.29. The Labute approximate surface area is 162 Å².